The molecule has 0 amide bonds. The highest BCUT2D eigenvalue weighted by Gasteiger charge is 2.31. The van der Waals surface area contributed by atoms with Gasteiger partial charge >= 0.3 is 15.6 Å². The minimum Gasteiger partial charge on any atom is -0.302 e. The van der Waals surface area contributed by atoms with Crippen molar-refractivity contribution < 1.29 is 32.6 Å². The standard InChI is InChI=1S/C35H60O7P2/c1-29(2)15-9-16-30(3)17-10-18-31(4)19-11-20-32(5)21-12-22-33(6)23-13-24-34(7)25-14-26-35(8)27-28-41-44(39,40)42-43(36,37)38/h15,17,19,21,23,25,27H,9-14,16,18,20,22,24,26,28H2,1-8H3,(H,39,40)(H2,36,37,38)/b30-17+,31-19+,32-21-,33-23-,34-25-,35-27-. The van der Waals surface area contributed by atoms with E-state index in [4.69, 9.17) is 9.79 Å². The highest BCUT2D eigenvalue weighted by atomic mass is 31.3. The number of phosphoric acid groups is 2. The number of allylic oxidation sites excluding steroid dienone is 13. The first-order valence-corrected chi connectivity index (χ1v) is 18.8. The third kappa shape index (κ3) is 28.0. The normalized spacial score (nSPS) is 15.9. The molecule has 0 aromatic rings. The van der Waals surface area contributed by atoms with Crippen molar-refractivity contribution in [2.45, 2.75) is 132 Å². The van der Waals surface area contributed by atoms with Crippen molar-refractivity contribution in [3.05, 3.63) is 81.5 Å². The van der Waals surface area contributed by atoms with E-state index in [0.29, 0.717) is 0 Å². The van der Waals surface area contributed by atoms with Gasteiger partial charge in [-0.3, -0.25) is 4.52 Å². The summed E-state index contributed by atoms with van der Waals surface area (Å²) >= 11 is 0. The Morgan fingerprint density at radius 2 is 0.750 bits per heavy atom. The Balaban J connectivity index is 4.26. The first kappa shape index (κ1) is 42.4. The largest absolute Gasteiger partial charge is 0.481 e. The lowest BCUT2D eigenvalue weighted by molar-refractivity contribution is 0.191. The highest BCUT2D eigenvalue weighted by Crippen LogP contribution is 2.57. The lowest BCUT2D eigenvalue weighted by Crippen LogP contribution is -1.94. The van der Waals surface area contributed by atoms with Crippen molar-refractivity contribution in [1.82, 2.24) is 0 Å². The van der Waals surface area contributed by atoms with Crippen molar-refractivity contribution in [1.29, 1.82) is 0 Å². The molecular weight excluding hydrogens is 594 g/mol. The maximum Gasteiger partial charge on any atom is 0.481 e. The highest BCUT2D eigenvalue weighted by molar-refractivity contribution is 7.60. The summed E-state index contributed by atoms with van der Waals surface area (Å²) in [4.78, 5) is 26.5. The Morgan fingerprint density at radius 3 is 1.02 bits per heavy atom. The first-order chi connectivity index (χ1) is 20.5. The first-order valence-electron chi connectivity index (χ1n) is 15.8. The molecule has 0 fully saturated rings. The van der Waals surface area contributed by atoms with Crippen LogP contribution >= 0.6 is 15.6 Å². The van der Waals surface area contributed by atoms with E-state index < -0.39 is 15.6 Å². The van der Waals surface area contributed by atoms with Crippen molar-refractivity contribution in [2.24, 2.45) is 0 Å². The Bertz CT molecular complexity index is 1160. The van der Waals surface area contributed by atoms with Gasteiger partial charge in [0, 0.05) is 0 Å². The molecule has 0 aliphatic heterocycles. The van der Waals surface area contributed by atoms with Crippen LogP contribution in [0.2, 0.25) is 0 Å². The van der Waals surface area contributed by atoms with E-state index in [0.717, 1.165) is 82.6 Å². The topological polar surface area (TPSA) is 113 Å². The van der Waals surface area contributed by atoms with Crippen LogP contribution in [0.15, 0.2) is 81.5 Å². The van der Waals surface area contributed by atoms with Gasteiger partial charge in [0.25, 0.3) is 0 Å². The van der Waals surface area contributed by atoms with Crippen molar-refractivity contribution in [3.63, 3.8) is 0 Å². The molecule has 252 valence electrons. The van der Waals surface area contributed by atoms with Crippen LogP contribution in [0.25, 0.3) is 0 Å². The van der Waals surface area contributed by atoms with Gasteiger partial charge in [-0.2, -0.15) is 4.31 Å². The van der Waals surface area contributed by atoms with E-state index in [-0.39, 0.29) is 6.61 Å². The van der Waals surface area contributed by atoms with Crippen LogP contribution in [0.5, 0.6) is 0 Å². The monoisotopic (exact) mass is 654 g/mol. The lowest BCUT2D eigenvalue weighted by atomic mass is 10.0. The van der Waals surface area contributed by atoms with Gasteiger partial charge in [-0.05, 0) is 132 Å². The van der Waals surface area contributed by atoms with Gasteiger partial charge in [0.15, 0.2) is 0 Å². The van der Waals surface area contributed by atoms with Crippen molar-refractivity contribution in [3.8, 4) is 0 Å². The maximum atomic E-state index is 11.4. The van der Waals surface area contributed by atoms with Gasteiger partial charge in [0.05, 0.1) is 6.61 Å². The van der Waals surface area contributed by atoms with Gasteiger partial charge in [0.1, 0.15) is 0 Å². The molecule has 0 aromatic heterocycles. The SMILES string of the molecule is CC(C)=CCC/C(C)=C/CC/C(C)=C/CC/C(C)=C\CC/C(C)=C\CC/C(C)=C\CC/C(C)=C\COP(=O)(O)OP(=O)(O)O. The predicted molar refractivity (Wildman–Crippen MR) is 186 cm³/mol. The zero-order valence-corrected chi connectivity index (χ0v) is 30.4. The van der Waals surface area contributed by atoms with Gasteiger partial charge in [-0.25, -0.2) is 9.13 Å². The van der Waals surface area contributed by atoms with E-state index in [1.165, 1.54) is 33.4 Å². The third-order valence-corrected chi connectivity index (χ3v) is 9.28. The molecular formula is C35H60O7P2. The second kappa shape index (κ2) is 23.7. The minimum absolute atomic E-state index is 0.271. The van der Waals surface area contributed by atoms with E-state index >= 15 is 0 Å². The van der Waals surface area contributed by atoms with Crippen LogP contribution in [0.4, 0.5) is 0 Å². The Labute approximate surface area is 268 Å². The third-order valence-electron chi connectivity index (χ3n) is 7.13. The zero-order valence-electron chi connectivity index (χ0n) is 28.6. The second-order valence-electron chi connectivity index (χ2n) is 12.2. The van der Waals surface area contributed by atoms with Crippen LogP contribution in [0.3, 0.4) is 0 Å². The fraction of sp³-hybridized carbons (Fsp3) is 0.600. The molecule has 0 aliphatic rings. The number of hydrogen-bond donors (Lipinski definition) is 3. The number of phosphoric ester groups is 1. The Hall–Kier alpha value is -1.56. The molecule has 9 heteroatoms. The molecule has 1 atom stereocenters. The molecule has 1 unspecified atom stereocenters. The molecule has 0 aliphatic carbocycles. The predicted octanol–water partition coefficient (Wildman–Crippen LogP) is 11.5. The van der Waals surface area contributed by atoms with E-state index in [2.05, 4.69) is 93.8 Å². The zero-order chi connectivity index (χ0) is 33.6. The number of rotatable bonds is 23. The summed E-state index contributed by atoms with van der Waals surface area (Å²) in [5, 5.41) is 0. The maximum absolute atomic E-state index is 11.4. The molecule has 0 bridgehead atoms. The fourth-order valence-corrected chi connectivity index (χ4v) is 5.89. The molecule has 0 rings (SSSR count). The molecule has 0 spiro atoms. The Morgan fingerprint density at radius 1 is 0.477 bits per heavy atom. The summed E-state index contributed by atoms with van der Waals surface area (Å²) in [5.74, 6) is 0. The smallest absolute Gasteiger partial charge is 0.302 e. The van der Waals surface area contributed by atoms with Gasteiger partial charge in [-0.15, -0.1) is 0 Å². The Kier molecular flexibility index (Phi) is 22.9. The van der Waals surface area contributed by atoms with Gasteiger partial charge in [0.2, 0.25) is 0 Å². The quantitative estimate of drug-likeness (QED) is 0.0742. The number of hydrogen-bond acceptors (Lipinski definition) is 4. The van der Waals surface area contributed by atoms with Gasteiger partial charge in [-0.1, -0.05) is 81.5 Å². The van der Waals surface area contributed by atoms with Gasteiger partial charge < -0.3 is 14.7 Å². The van der Waals surface area contributed by atoms with Crippen LogP contribution in [0.1, 0.15) is 132 Å². The summed E-state index contributed by atoms with van der Waals surface area (Å²) in [5.41, 5.74) is 9.52. The summed E-state index contributed by atoms with van der Waals surface area (Å²) < 4.78 is 30.4. The fourth-order valence-electron chi connectivity index (χ4n) is 4.36. The summed E-state index contributed by atoms with van der Waals surface area (Å²) in [6.07, 6.45) is 28.2. The molecule has 0 saturated carbocycles. The van der Waals surface area contributed by atoms with E-state index in [9.17, 15) is 14.0 Å². The summed E-state index contributed by atoms with van der Waals surface area (Å²) in [6.45, 7) is 17.0. The summed E-state index contributed by atoms with van der Waals surface area (Å²) in [6, 6.07) is 0. The molecule has 0 saturated heterocycles. The lowest BCUT2D eigenvalue weighted by Gasteiger charge is -2.11. The molecule has 3 N–H and O–H groups in total. The van der Waals surface area contributed by atoms with Crippen LogP contribution in [0, 0.1) is 0 Å². The molecule has 7 nitrogen and oxygen atoms in total. The van der Waals surface area contributed by atoms with Crippen molar-refractivity contribution >= 4 is 15.6 Å². The van der Waals surface area contributed by atoms with E-state index in [1.54, 1.807) is 6.08 Å². The second-order valence-corrected chi connectivity index (χ2v) is 15.0. The average Bonchev–Trinajstić information content (AvgIpc) is 2.87. The minimum atomic E-state index is -5.10. The van der Waals surface area contributed by atoms with E-state index in [1.807, 2.05) is 6.92 Å². The van der Waals surface area contributed by atoms with Crippen LogP contribution in [-0.2, 0) is 18.0 Å². The molecule has 0 radical (unpaired) electrons. The molecule has 44 heavy (non-hydrogen) atoms. The van der Waals surface area contributed by atoms with Crippen LogP contribution < -0.4 is 0 Å². The average molecular weight is 655 g/mol. The van der Waals surface area contributed by atoms with Crippen molar-refractivity contribution in [2.75, 3.05) is 6.61 Å². The summed E-state index contributed by atoms with van der Waals surface area (Å²) in [7, 11) is -9.89. The molecule has 0 aromatic carbocycles. The molecule has 0 heterocycles. The van der Waals surface area contributed by atoms with Crippen LogP contribution in [-0.4, -0.2) is 21.3 Å².